The number of carboxylic acids is 1. The largest absolute Gasteiger partial charge is 0.550 e. The molecule has 4 heteroatoms. The Hall–Kier alpha value is -2.88. The van der Waals surface area contributed by atoms with Crippen LogP contribution in [0.4, 0.5) is 0 Å². The summed E-state index contributed by atoms with van der Waals surface area (Å²) in [6, 6.07) is 14.1. The van der Waals surface area contributed by atoms with Gasteiger partial charge < -0.3 is 14.3 Å². The van der Waals surface area contributed by atoms with Gasteiger partial charge in [0.15, 0.2) is 5.43 Å². The van der Waals surface area contributed by atoms with Crippen molar-refractivity contribution in [3.8, 4) is 11.3 Å². The Kier molecular flexibility index (Phi) is 3.51. The van der Waals surface area contributed by atoms with Gasteiger partial charge >= 0.3 is 0 Å². The monoisotopic (exact) mass is 293 g/mol. The predicted molar refractivity (Wildman–Crippen MR) is 81.4 cm³/mol. The smallest absolute Gasteiger partial charge is 0.193 e. The lowest BCUT2D eigenvalue weighted by molar-refractivity contribution is -0.304. The van der Waals surface area contributed by atoms with Crippen LogP contribution in [0, 0.1) is 6.92 Å². The summed E-state index contributed by atoms with van der Waals surface area (Å²) >= 11 is 0. The number of rotatable bonds is 3. The lowest BCUT2D eigenvalue weighted by Crippen LogP contribution is -2.24. The average molecular weight is 293 g/mol. The van der Waals surface area contributed by atoms with Gasteiger partial charge in [0.1, 0.15) is 11.3 Å². The summed E-state index contributed by atoms with van der Waals surface area (Å²) < 4.78 is 5.82. The van der Waals surface area contributed by atoms with E-state index in [4.69, 9.17) is 4.42 Å². The second-order valence-corrected chi connectivity index (χ2v) is 5.19. The van der Waals surface area contributed by atoms with E-state index in [1.54, 1.807) is 12.1 Å². The molecule has 0 bridgehead atoms. The number of carbonyl (C=O) groups is 1. The molecule has 3 aromatic rings. The number of aryl methyl sites for hydroxylation is 1. The molecule has 0 radical (unpaired) electrons. The second-order valence-electron chi connectivity index (χ2n) is 5.19. The summed E-state index contributed by atoms with van der Waals surface area (Å²) in [6.45, 7) is 1.81. The molecule has 0 aliphatic rings. The van der Waals surface area contributed by atoms with Crippen molar-refractivity contribution < 1.29 is 14.3 Å². The van der Waals surface area contributed by atoms with Gasteiger partial charge in [0.25, 0.3) is 0 Å². The Morgan fingerprint density at radius 2 is 1.86 bits per heavy atom. The minimum atomic E-state index is -1.21. The molecule has 4 nitrogen and oxygen atoms in total. The van der Waals surface area contributed by atoms with Crippen molar-refractivity contribution in [2.75, 3.05) is 0 Å². The number of hydrogen-bond acceptors (Lipinski definition) is 4. The van der Waals surface area contributed by atoms with Crippen molar-refractivity contribution in [1.82, 2.24) is 0 Å². The number of benzene rings is 2. The van der Waals surface area contributed by atoms with Crippen LogP contribution in [-0.4, -0.2) is 5.97 Å². The molecule has 0 saturated carbocycles. The standard InChI is InChI=1S/C18H14O4/c1-11-7-13(9-17(20)21)18-14(8-11)15(19)10-16(22-18)12-5-3-2-4-6-12/h2-8,10H,9H2,1H3,(H,20,21)/p-1. The summed E-state index contributed by atoms with van der Waals surface area (Å²) in [6.07, 6.45) is -0.292. The SMILES string of the molecule is Cc1cc(CC(=O)[O-])c2oc(-c3ccccc3)cc(=O)c2c1. The van der Waals surface area contributed by atoms with Crippen LogP contribution in [0.15, 0.2) is 57.7 Å². The van der Waals surface area contributed by atoms with E-state index in [1.807, 2.05) is 37.3 Å². The van der Waals surface area contributed by atoms with Gasteiger partial charge in [-0.25, -0.2) is 0 Å². The van der Waals surface area contributed by atoms with E-state index in [-0.39, 0.29) is 11.8 Å². The van der Waals surface area contributed by atoms with Crippen LogP contribution in [0.2, 0.25) is 0 Å². The van der Waals surface area contributed by atoms with Crippen LogP contribution in [0.3, 0.4) is 0 Å². The van der Waals surface area contributed by atoms with Crippen molar-refractivity contribution in [3.63, 3.8) is 0 Å². The molecular formula is C18H13O4-. The normalized spacial score (nSPS) is 10.8. The molecule has 0 unspecified atom stereocenters. The first-order valence-electron chi connectivity index (χ1n) is 6.87. The summed E-state index contributed by atoms with van der Waals surface area (Å²) in [4.78, 5) is 23.3. The molecule has 0 N–H and O–H groups in total. The van der Waals surface area contributed by atoms with Crippen LogP contribution in [0.5, 0.6) is 0 Å². The van der Waals surface area contributed by atoms with E-state index in [0.29, 0.717) is 22.3 Å². The molecule has 2 aromatic carbocycles. The Morgan fingerprint density at radius 3 is 2.55 bits per heavy atom. The fourth-order valence-electron chi connectivity index (χ4n) is 2.52. The quantitative estimate of drug-likeness (QED) is 0.741. The van der Waals surface area contributed by atoms with Gasteiger partial charge in [-0.1, -0.05) is 36.4 Å². The molecule has 0 aliphatic carbocycles. The molecule has 22 heavy (non-hydrogen) atoms. The Morgan fingerprint density at radius 1 is 1.14 bits per heavy atom. The molecule has 0 saturated heterocycles. The summed E-state index contributed by atoms with van der Waals surface area (Å²) in [5.41, 5.74) is 2.14. The fraction of sp³-hybridized carbons (Fsp3) is 0.111. The topological polar surface area (TPSA) is 70.3 Å². The maximum absolute atomic E-state index is 12.3. The summed E-state index contributed by atoms with van der Waals surface area (Å²) in [5.74, 6) is -0.791. The van der Waals surface area contributed by atoms with E-state index < -0.39 is 5.97 Å². The van der Waals surface area contributed by atoms with Crippen molar-refractivity contribution in [3.05, 3.63) is 69.9 Å². The van der Waals surface area contributed by atoms with Crippen LogP contribution in [0.25, 0.3) is 22.3 Å². The first-order valence-corrected chi connectivity index (χ1v) is 6.87. The lowest BCUT2D eigenvalue weighted by atomic mass is 10.0. The van der Waals surface area contributed by atoms with E-state index in [1.165, 1.54) is 6.07 Å². The first kappa shape index (κ1) is 14.1. The third-order valence-electron chi connectivity index (χ3n) is 3.44. The zero-order valence-electron chi connectivity index (χ0n) is 12.0. The van der Waals surface area contributed by atoms with Gasteiger partial charge in [-0.05, 0) is 18.6 Å². The van der Waals surface area contributed by atoms with Gasteiger partial charge in [-0.15, -0.1) is 0 Å². The highest BCUT2D eigenvalue weighted by molar-refractivity contribution is 5.85. The molecular weight excluding hydrogens is 280 g/mol. The molecule has 3 rings (SSSR count). The van der Waals surface area contributed by atoms with Gasteiger partial charge in [-0.3, -0.25) is 4.79 Å². The highest BCUT2D eigenvalue weighted by Crippen LogP contribution is 2.25. The van der Waals surface area contributed by atoms with Crippen LogP contribution >= 0.6 is 0 Å². The number of hydrogen-bond donors (Lipinski definition) is 0. The minimum Gasteiger partial charge on any atom is -0.550 e. The zero-order valence-corrected chi connectivity index (χ0v) is 12.0. The molecule has 110 valence electrons. The summed E-state index contributed by atoms with van der Waals surface area (Å²) in [5, 5.41) is 11.3. The molecule has 0 fully saturated rings. The Balaban J connectivity index is 2.30. The third-order valence-corrected chi connectivity index (χ3v) is 3.44. The lowest BCUT2D eigenvalue weighted by Gasteiger charge is -2.10. The third kappa shape index (κ3) is 2.63. The highest BCUT2D eigenvalue weighted by Gasteiger charge is 2.11. The van der Waals surface area contributed by atoms with E-state index in [2.05, 4.69) is 0 Å². The Bertz CT molecular complexity index is 908. The number of fused-ring (bicyclic) bond motifs is 1. The molecule has 0 spiro atoms. The first-order chi connectivity index (χ1) is 10.5. The maximum Gasteiger partial charge on any atom is 0.193 e. The minimum absolute atomic E-state index is 0.191. The fourth-order valence-corrected chi connectivity index (χ4v) is 2.52. The number of aliphatic carboxylic acids is 1. The predicted octanol–water partition coefficient (Wildman–Crippen LogP) is 2.06. The molecule has 0 amide bonds. The van der Waals surface area contributed by atoms with Gasteiger partial charge in [-0.2, -0.15) is 0 Å². The van der Waals surface area contributed by atoms with Crippen molar-refractivity contribution in [1.29, 1.82) is 0 Å². The van der Waals surface area contributed by atoms with E-state index >= 15 is 0 Å². The van der Waals surface area contributed by atoms with Crippen molar-refractivity contribution in [2.24, 2.45) is 0 Å². The molecule has 0 atom stereocenters. The molecule has 0 aliphatic heterocycles. The number of carbonyl (C=O) groups excluding carboxylic acids is 1. The van der Waals surface area contributed by atoms with Gasteiger partial charge in [0, 0.05) is 29.6 Å². The molecule has 1 aromatic heterocycles. The zero-order chi connectivity index (χ0) is 15.7. The van der Waals surface area contributed by atoms with Crippen LogP contribution in [0.1, 0.15) is 11.1 Å². The van der Waals surface area contributed by atoms with Crippen LogP contribution in [-0.2, 0) is 11.2 Å². The number of carboxylic acid groups (broad SMARTS) is 1. The van der Waals surface area contributed by atoms with E-state index in [9.17, 15) is 14.7 Å². The van der Waals surface area contributed by atoms with E-state index in [0.717, 1.165) is 11.1 Å². The highest BCUT2D eigenvalue weighted by atomic mass is 16.4. The maximum atomic E-state index is 12.3. The summed E-state index contributed by atoms with van der Waals surface area (Å²) in [7, 11) is 0. The van der Waals surface area contributed by atoms with Crippen molar-refractivity contribution >= 4 is 16.9 Å². The van der Waals surface area contributed by atoms with Crippen molar-refractivity contribution in [2.45, 2.75) is 13.3 Å². The van der Waals surface area contributed by atoms with Gasteiger partial charge in [0.05, 0.1) is 5.39 Å². The van der Waals surface area contributed by atoms with Crippen LogP contribution < -0.4 is 10.5 Å². The van der Waals surface area contributed by atoms with Gasteiger partial charge in [0.2, 0.25) is 0 Å². The molecule has 1 heterocycles. The average Bonchev–Trinajstić information content (AvgIpc) is 2.48. The second kappa shape index (κ2) is 5.48. The Labute approximate surface area is 126 Å².